The third kappa shape index (κ3) is 6.89. The normalized spacial score (nSPS) is 12.4. The van der Waals surface area contributed by atoms with E-state index in [0.717, 1.165) is 26.7 Å². The zero-order chi connectivity index (χ0) is 31.4. The average Bonchev–Trinajstić information content (AvgIpc) is 3.42. The van der Waals surface area contributed by atoms with Crippen molar-refractivity contribution in [2.45, 2.75) is 40.2 Å². The van der Waals surface area contributed by atoms with Crippen molar-refractivity contribution in [3.63, 3.8) is 0 Å². The molecule has 0 spiro atoms. The molecule has 0 fully saturated rings. The van der Waals surface area contributed by atoms with Crippen LogP contribution >= 0.6 is 11.3 Å². The lowest BCUT2D eigenvalue weighted by Gasteiger charge is -2.23. The lowest BCUT2D eigenvalue weighted by Crippen LogP contribution is -2.34. The number of carbonyl (C=O) groups is 2. The van der Waals surface area contributed by atoms with Crippen LogP contribution in [0.2, 0.25) is 0 Å². The number of amides is 2. The van der Waals surface area contributed by atoms with Gasteiger partial charge >= 0.3 is 0 Å². The Morgan fingerprint density at radius 2 is 1.86 bits per heavy atom. The van der Waals surface area contributed by atoms with E-state index in [1.54, 1.807) is 24.5 Å². The number of aromatic nitrogens is 3. The summed E-state index contributed by atoms with van der Waals surface area (Å²) in [6, 6.07) is 11.6. The van der Waals surface area contributed by atoms with Gasteiger partial charge in [0.15, 0.2) is 0 Å². The number of nitrogens with two attached hydrogens (primary N) is 1. The van der Waals surface area contributed by atoms with E-state index in [0.29, 0.717) is 65.4 Å². The summed E-state index contributed by atoms with van der Waals surface area (Å²) in [5, 5.41) is 7.02. The second-order valence-electron chi connectivity index (χ2n) is 10.9. The highest BCUT2D eigenvalue weighted by molar-refractivity contribution is 7.22. The summed E-state index contributed by atoms with van der Waals surface area (Å²) >= 11 is 1.42. The number of nitrogens with one attached hydrogen (secondary N) is 2. The molecule has 1 aliphatic rings. The molecule has 8 nitrogen and oxygen atoms in total. The molecule has 226 valence electrons. The maximum atomic E-state index is 13.5. The number of hydrogen-bond donors (Lipinski definition) is 3. The number of fused-ring (bicyclic) bond motifs is 2. The Balaban J connectivity index is 0.000000418. The van der Waals surface area contributed by atoms with Gasteiger partial charge in [0.1, 0.15) is 17.5 Å². The highest BCUT2D eigenvalue weighted by Crippen LogP contribution is 2.41. The molecular formula is C33H32F2N6O2S. The number of hydrogen-bond acceptors (Lipinski definition) is 7. The largest absolute Gasteiger partial charge is 0.366 e. The zero-order valence-corrected chi connectivity index (χ0v) is 25.4. The van der Waals surface area contributed by atoms with Crippen LogP contribution in [0.15, 0.2) is 61.1 Å². The molecule has 0 aliphatic carbocycles. The van der Waals surface area contributed by atoms with Crippen molar-refractivity contribution in [3.8, 4) is 10.4 Å². The summed E-state index contributed by atoms with van der Waals surface area (Å²) in [5.41, 5.74) is 10.2. The van der Waals surface area contributed by atoms with Crippen LogP contribution in [0.1, 0.15) is 57.1 Å². The molecule has 44 heavy (non-hydrogen) atoms. The smallest absolute Gasteiger partial charge is 0.253 e. The maximum absolute atomic E-state index is 13.5. The van der Waals surface area contributed by atoms with Crippen molar-refractivity contribution in [1.29, 1.82) is 0 Å². The van der Waals surface area contributed by atoms with Crippen LogP contribution in [0, 0.1) is 24.5 Å². The van der Waals surface area contributed by atoms with E-state index >= 15 is 0 Å². The number of aryl methyl sites for hydroxylation is 1. The second kappa shape index (κ2) is 13.3. The average molecular weight is 615 g/mol. The molecule has 2 amide bonds. The third-order valence-electron chi connectivity index (χ3n) is 6.98. The summed E-state index contributed by atoms with van der Waals surface area (Å²) in [6.07, 6.45) is 5.58. The topological polar surface area (TPSA) is 123 Å². The van der Waals surface area contributed by atoms with Crippen LogP contribution in [0.25, 0.3) is 20.5 Å². The highest BCUT2D eigenvalue weighted by atomic mass is 32.1. The first-order chi connectivity index (χ1) is 21.1. The number of carbonyl (C=O) groups excluding carboxylic acids is 2. The number of halogens is 2. The number of primary amides is 1. The Labute approximate surface area is 257 Å². The number of benzene rings is 1. The summed E-state index contributed by atoms with van der Waals surface area (Å²) in [5.74, 6) is -0.583. The van der Waals surface area contributed by atoms with Crippen molar-refractivity contribution < 1.29 is 18.4 Å². The van der Waals surface area contributed by atoms with Gasteiger partial charge in [0.2, 0.25) is 0 Å². The summed E-state index contributed by atoms with van der Waals surface area (Å²) in [7, 11) is 0. The second-order valence-corrected chi connectivity index (χ2v) is 12.0. The van der Waals surface area contributed by atoms with Gasteiger partial charge in [-0.3, -0.25) is 19.6 Å². The van der Waals surface area contributed by atoms with Gasteiger partial charge in [-0.05, 0) is 60.5 Å². The Bertz CT molecular complexity index is 1820. The number of anilines is 1. The van der Waals surface area contributed by atoms with E-state index in [9.17, 15) is 18.4 Å². The van der Waals surface area contributed by atoms with E-state index in [1.807, 2.05) is 19.1 Å². The van der Waals surface area contributed by atoms with Crippen molar-refractivity contribution in [1.82, 2.24) is 20.3 Å². The fourth-order valence-corrected chi connectivity index (χ4v) is 6.21. The van der Waals surface area contributed by atoms with E-state index in [2.05, 4.69) is 34.4 Å². The molecule has 0 bridgehead atoms. The number of thiophene rings is 1. The monoisotopic (exact) mass is 614 g/mol. The van der Waals surface area contributed by atoms with Gasteiger partial charge in [-0.15, -0.1) is 11.3 Å². The van der Waals surface area contributed by atoms with E-state index < -0.39 is 11.7 Å². The van der Waals surface area contributed by atoms with Crippen LogP contribution in [0.5, 0.6) is 0 Å². The molecular weight excluding hydrogens is 582 g/mol. The van der Waals surface area contributed by atoms with Crippen molar-refractivity contribution in [2.24, 2.45) is 11.7 Å². The van der Waals surface area contributed by atoms with Crippen LogP contribution in [-0.2, 0) is 19.4 Å². The van der Waals surface area contributed by atoms with E-state index in [4.69, 9.17) is 10.7 Å². The molecule has 1 aliphatic heterocycles. The predicted molar refractivity (Wildman–Crippen MR) is 169 cm³/mol. The Hall–Kier alpha value is -4.77. The molecule has 11 heteroatoms. The van der Waals surface area contributed by atoms with E-state index in [-0.39, 0.29) is 17.6 Å². The first kappa shape index (κ1) is 30.7. The minimum absolute atomic E-state index is 0.171. The van der Waals surface area contributed by atoms with Gasteiger partial charge < -0.3 is 16.4 Å². The molecule has 1 aromatic carbocycles. The van der Waals surface area contributed by atoms with Gasteiger partial charge in [-0.2, -0.15) is 0 Å². The molecule has 0 unspecified atom stereocenters. The van der Waals surface area contributed by atoms with Gasteiger partial charge in [0.05, 0.1) is 33.4 Å². The van der Waals surface area contributed by atoms with Crippen molar-refractivity contribution in [2.75, 3.05) is 11.9 Å². The summed E-state index contributed by atoms with van der Waals surface area (Å²) < 4.78 is 26.5. The standard InChI is InChI=1S/C26H25FN6O2S.C7H7F/c1-13(2)7-18-20(24(28)34)22(21-17(33-18)4-6-31-26(21)35)19-9-15-3-5-30-25(23(15)36-19)32-11-14-8-16(27)12-29-10-14;1-6-2-4-7(8)5-3-6/h3,5,8-10,12-13H,4,6-7,11H2,1-2H3,(H2,28,34)(H,30,32)(H,31,35);2-5H,1H3. The fourth-order valence-electron chi connectivity index (χ4n) is 5.03. The fraction of sp³-hybridized carbons (Fsp3) is 0.242. The van der Waals surface area contributed by atoms with Crippen LogP contribution < -0.4 is 16.4 Å². The third-order valence-corrected chi connectivity index (χ3v) is 8.16. The van der Waals surface area contributed by atoms with Gasteiger partial charge in [0.25, 0.3) is 11.8 Å². The van der Waals surface area contributed by atoms with Crippen LogP contribution in [0.3, 0.4) is 0 Å². The minimum atomic E-state index is -0.609. The van der Waals surface area contributed by atoms with Gasteiger partial charge in [-0.25, -0.2) is 13.8 Å². The van der Waals surface area contributed by atoms with Crippen LogP contribution in [-0.4, -0.2) is 33.3 Å². The van der Waals surface area contributed by atoms with Gasteiger partial charge in [-0.1, -0.05) is 31.5 Å². The molecule has 5 heterocycles. The first-order valence-electron chi connectivity index (χ1n) is 14.2. The molecule has 6 rings (SSSR count). The Morgan fingerprint density at radius 1 is 1.09 bits per heavy atom. The van der Waals surface area contributed by atoms with E-state index in [1.165, 1.54) is 29.5 Å². The molecule has 0 saturated heterocycles. The molecule has 0 atom stereocenters. The van der Waals surface area contributed by atoms with Crippen molar-refractivity contribution >= 4 is 39.1 Å². The minimum Gasteiger partial charge on any atom is -0.366 e. The van der Waals surface area contributed by atoms with Crippen LogP contribution in [0.4, 0.5) is 14.6 Å². The Morgan fingerprint density at radius 3 is 2.55 bits per heavy atom. The number of nitrogens with zero attached hydrogens (tertiary/aromatic N) is 3. The molecule has 4 aromatic heterocycles. The van der Waals surface area contributed by atoms with Gasteiger partial charge in [0, 0.05) is 42.3 Å². The summed E-state index contributed by atoms with van der Waals surface area (Å²) in [4.78, 5) is 39.6. The first-order valence-corrected chi connectivity index (χ1v) is 15.0. The lowest BCUT2D eigenvalue weighted by atomic mass is 9.90. The summed E-state index contributed by atoms with van der Waals surface area (Å²) in [6.45, 7) is 6.86. The number of pyridine rings is 3. The Kier molecular flexibility index (Phi) is 9.24. The highest BCUT2D eigenvalue weighted by Gasteiger charge is 2.31. The zero-order valence-electron chi connectivity index (χ0n) is 24.6. The quantitative estimate of drug-likeness (QED) is 0.200. The SMILES string of the molecule is CC(C)Cc1nc2c(c(-c3cc4ccnc(NCc5cncc(F)c5)c4s3)c1C(N)=O)C(=O)NCC2.Cc1ccc(F)cc1. The number of rotatable bonds is 7. The molecule has 4 N–H and O–H groups in total. The molecule has 0 saturated carbocycles. The predicted octanol–water partition coefficient (Wildman–Crippen LogP) is 6.22. The molecule has 5 aromatic rings. The lowest BCUT2D eigenvalue weighted by molar-refractivity contribution is 0.0945. The van der Waals surface area contributed by atoms with Crippen molar-refractivity contribution in [3.05, 3.63) is 106 Å². The molecule has 0 radical (unpaired) electrons. The maximum Gasteiger partial charge on any atom is 0.253 e.